The number of nitrogens with zero attached hydrogens (tertiary/aromatic N) is 2. The van der Waals surface area contributed by atoms with Crippen LogP contribution < -0.4 is 4.72 Å². The van der Waals surface area contributed by atoms with E-state index in [0.29, 0.717) is 30.4 Å². The molecule has 0 bridgehead atoms. The smallest absolute Gasteiger partial charge is 0.234 e. The second-order valence-corrected chi connectivity index (χ2v) is 11.8. The number of fused-ring (bicyclic) bond motifs is 1. The van der Waals surface area contributed by atoms with Gasteiger partial charge in [0.15, 0.2) is 0 Å². The lowest BCUT2D eigenvalue weighted by molar-refractivity contribution is 0.303. The lowest BCUT2D eigenvalue weighted by Crippen LogP contribution is -2.37. The maximum Gasteiger partial charge on any atom is 0.234 e. The van der Waals surface area contributed by atoms with Gasteiger partial charge in [-0.15, -0.1) is 0 Å². The maximum absolute atomic E-state index is 12.8. The van der Waals surface area contributed by atoms with E-state index in [1.807, 2.05) is 41.9 Å². The van der Waals surface area contributed by atoms with Crippen LogP contribution in [0.1, 0.15) is 61.5 Å². The first kappa shape index (κ1) is 22.4. The fourth-order valence-electron chi connectivity index (χ4n) is 4.61. The monoisotopic (exact) mass is 461 g/mol. The summed E-state index contributed by atoms with van der Waals surface area (Å²) in [5.41, 5.74) is 3.66. The van der Waals surface area contributed by atoms with E-state index >= 15 is 0 Å². The number of hydrogen-bond donors (Lipinski definition) is 1. The highest BCUT2D eigenvalue weighted by Crippen LogP contribution is 2.27. The van der Waals surface area contributed by atoms with Crippen LogP contribution in [0.5, 0.6) is 0 Å². The van der Waals surface area contributed by atoms with Crippen molar-refractivity contribution in [2.45, 2.75) is 63.8 Å². The molecule has 1 fully saturated rings. The summed E-state index contributed by atoms with van der Waals surface area (Å²) in [6.45, 7) is 2.51. The molecule has 168 valence electrons. The average Bonchev–Trinajstić information content (AvgIpc) is 3.09. The molecule has 2 aliphatic rings. The number of sulfonamides is 1. The van der Waals surface area contributed by atoms with Crippen molar-refractivity contribution in [3.05, 3.63) is 58.3 Å². The molecule has 1 aromatic heterocycles. The third kappa shape index (κ3) is 5.73. The Hall–Kier alpha value is -1.77. The number of hydrogen-bond acceptors (Lipinski definition) is 4. The van der Waals surface area contributed by atoms with E-state index in [9.17, 15) is 12.6 Å². The first-order valence-corrected chi connectivity index (χ1v) is 14.1. The van der Waals surface area contributed by atoms with Crippen LogP contribution in [0, 0.1) is 5.92 Å². The summed E-state index contributed by atoms with van der Waals surface area (Å²) in [5, 5.41) is 5.98. The molecule has 0 radical (unpaired) electrons. The number of aromatic nitrogens is 2. The summed E-state index contributed by atoms with van der Waals surface area (Å²) < 4.78 is 42.5. The van der Waals surface area contributed by atoms with Gasteiger partial charge in [-0.05, 0) is 37.3 Å². The molecule has 0 amide bonds. The zero-order valence-corrected chi connectivity index (χ0v) is 19.6. The molecular formula is C23H31N3O3S2. The molecule has 1 aliphatic carbocycles. The Labute approximate surface area is 187 Å². The molecule has 2 aromatic rings. The highest BCUT2D eigenvalue weighted by molar-refractivity contribution is 7.92. The molecule has 1 saturated carbocycles. The molecule has 1 N–H and O–H groups in total. The van der Waals surface area contributed by atoms with Gasteiger partial charge < -0.3 is 0 Å². The van der Waals surface area contributed by atoms with Crippen molar-refractivity contribution in [1.29, 1.82) is 0 Å². The van der Waals surface area contributed by atoms with Crippen LogP contribution >= 0.6 is 0 Å². The minimum Gasteiger partial charge on any atom is -0.260 e. The minimum atomic E-state index is -3.58. The first-order valence-electron chi connectivity index (χ1n) is 11.1. The number of aryl methyl sites for hydroxylation is 1. The molecule has 4 rings (SSSR count). The highest BCUT2D eigenvalue weighted by Gasteiger charge is 2.25. The number of nitrogens with one attached hydrogen (secondary N) is 1. The van der Waals surface area contributed by atoms with Gasteiger partial charge in [-0.1, -0.05) is 49.6 Å². The standard InChI is InChI=1S/C23H31N3O3S2/c1-18(20-10-6-3-7-11-20)25-31(28,29)15-13-23-21-17-30(27)14-12-22(21)24-26(23)16-19-8-4-2-5-9-19/h2,4-5,8-9,13,15,18,20,25H,3,6-7,10-12,14,16-17H2,1H3/b15-13+/t18-,30?/m0/s1. The van der Waals surface area contributed by atoms with E-state index in [2.05, 4.69) is 4.72 Å². The van der Waals surface area contributed by atoms with E-state index in [1.165, 1.54) is 24.7 Å². The van der Waals surface area contributed by atoms with Crippen LogP contribution in [0.15, 0.2) is 35.7 Å². The Morgan fingerprint density at radius 3 is 2.71 bits per heavy atom. The van der Waals surface area contributed by atoms with Gasteiger partial charge in [-0.3, -0.25) is 8.89 Å². The van der Waals surface area contributed by atoms with Crippen molar-refractivity contribution in [2.24, 2.45) is 5.92 Å². The van der Waals surface area contributed by atoms with Crippen LogP contribution in [0.3, 0.4) is 0 Å². The SMILES string of the molecule is C[C@H](NS(=O)(=O)/C=C/c1c2c(nn1Cc1ccccc1)CCS(=O)C2)C1CCCCC1. The molecule has 1 unspecified atom stereocenters. The lowest BCUT2D eigenvalue weighted by Gasteiger charge is -2.27. The molecule has 1 aliphatic heterocycles. The predicted molar refractivity (Wildman–Crippen MR) is 125 cm³/mol. The second-order valence-electron chi connectivity index (χ2n) is 8.64. The van der Waals surface area contributed by atoms with Gasteiger partial charge in [0.1, 0.15) is 0 Å². The zero-order chi connectivity index (χ0) is 21.8. The second kappa shape index (κ2) is 9.79. The highest BCUT2D eigenvalue weighted by atomic mass is 32.2. The van der Waals surface area contributed by atoms with Crippen molar-refractivity contribution in [2.75, 3.05) is 5.75 Å². The summed E-state index contributed by atoms with van der Waals surface area (Å²) in [6.07, 6.45) is 8.05. The molecule has 8 heteroatoms. The molecule has 0 spiro atoms. The van der Waals surface area contributed by atoms with E-state index < -0.39 is 20.8 Å². The average molecular weight is 462 g/mol. The zero-order valence-electron chi connectivity index (χ0n) is 18.0. The van der Waals surface area contributed by atoms with Gasteiger partial charge in [0, 0.05) is 40.0 Å². The molecule has 31 heavy (non-hydrogen) atoms. The number of rotatable bonds is 7. The Kier molecular flexibility index (Phi) is 7.08. The van der Waals surface area contributed by atoms with Crippen LogP contribution in [0.2, 0.25) is 0 Å². The summed E-state index contributed by atoms with van der Waals surface area (Å²) >= 11 is 0. The Morgan fingerprint density at radius 1 is 1.23 bits per heavy atom. The Bertz CT molecular complexity index is 1060. The lowest BCUT2D eigenvalue weighted by atomic mass is 9.85. The van der Waals surface area contributed by atoms with E-state index in [0.717, 1.165) is 35.4 Å². The van der Waals surface area contributed by atoms with Gasteiger partial charge in [-0.2, -0.15) is 5.10 Å². The van der Waals surface area contributed by atoms with Gasteiger partial charge in [0.2, 0.25) is 10.0 Å². The molecule has 0 saturated heterocycles. The third-order valence-corrected chi connectivity index (χ3v) is 8.80. The topological polar surface area (TPSA) is 81.1 Å². The van der Waals surface area contributed by atoms with E-state index in [4.69, 9.17) is 5.10 Å². The fourth-order valence-corrected chi connectivity index (χ4v) is 6.91. The maximum atomic E-state index is 12.8. The predicted octanol–water partition coefficient (Wildman–Crippen LogP) is 3.60. The van der Waals surface area contributed by atoms with Crippen molar-refractivity contribution < 1.29 is 12.6 Å². The molecular weight excluding hydrogens is 430 g/mol. The van der Waals surface area contributed by atoms with Crippen molar-refractivity contribution in [3.8, 4) is 0 Å². The fraction of sp³-hybridized carbons (Fsp3) is 0.522. The van der Waals surface area contributed by atoms with Crippen LogP contribution in [0.25, 0.3) is 6.08 Å². The van der Waals surface area contributed by atoms with Gasteiger partial charge in [0.05, 0.1) is 23.7 Å². The summed E-state index contributed by atoms with van der Waals surface area (Å²) in [6, 6.07) is 9.89. The summed E-state index contributed by atoms with van der Waals surface area (Å²) in [7, 11) is -4.52. The van der Waals surface area contributed by atoms with Crippen molar-refractivity contribution in [3.63, 3.8) is 0 Å². The number of benzene rings is 1. The Balaban J connectivity index is 1.57. The Morgan fingerprint density at radius 2 is 1.97 bits per heavy atom. The quantitative estimate of drug-likeness (QED) is 0.683. The van der Waals surface area contributed by atoms with Gasteiger partial charge >= 0.3 is 0 Å². The van der Waals surface area contributed by atoms with Gasteiger partial charge in [-0.25, -0.2) is 13.1 Å². The van der Waals surface area contributed by atoms with Crippen molar-refractivity contribution >= 4 is 26.9 Å². The largest absolute Gasteiger partial charge is 0.260 e. The molecule has 6 nitrogen and oxygen atoms in total. The van der Waals surface area contributed by atoms with Crippen molar-refractivity contribution in [1.82, 2.24) is 14.5 Å². The van der Waals surface area contributed by atoms with Crippen LogP contribution in [0.4, 0.5) is 0 Å². The summed E-state index contributed by atoms with van der Waals surface area (Å²) in [5.74, 6) is 1.43. The normalized spacial score (nSPS) is 21.3. The van der Waals surface area contributed by atoms with Crippen LogP contribution in [-0.2, 0) is 39.5 Å². The summed E-state index contributed by atoms with van der Waals surface area (Å²) in [4.78, 5) is 0. The molecule has 2 atom stereocenters. The third-order valence-electron chi connectivity index (χ3n) is 6.34. The van der Waals surface area contributed by atoms with Crippen LogP contribution in [-0.4, -0.2) is 34.2 Å². The minimum absolute atomic E-state index is 0.0781. The molecule has 1 aromatic carbocycles. The van der Waals surface area contributed by atoms with E-state index in [1.54, 1.807) is 6.08 Å². The first-order chi connectivity index (χ1) is 14.9. The molecule has 2 heterocycles. The van der Waals surface area contributed by atoms with Gasteiger partial charge in [0.25, 0.3) is 0 Å². The van der Waals surface area contributed by atoms with E-state index in [-0.39, 0.29) is 6.04 Å².